The first-order valence-electron chi connectivity index (χ1n) is 5.55. The molecule has 6 nitrogen and oxygen atoms in total. The monoisotopic (exact) mass is 235 g/mol. The molecule has 1 atom stereocenters. The highest BCUT2D eigenvalue weighted by Gasteiger charge is 2.22. The van der Waals surface area contributed by atoms with Crippen LogP contribution in [0.25, 0.3) is 11.7 Å². The van der Waals surface area contributed by atoms with Gasteiger partial charge in [0.25, 0.3) is 5.89 Å². The second-order valence-electron chi connectivity index (χ2n) is 3.93. The van der Waals surface area contributed by atoms with Crippen LogP contribution in [-0.2, 0) is 4.74 Å². The quantitative estimate of drug-likeness (QED) is 0.845. The number of ether oxygens (including phenoxy) is 1. The molecule has 17 heavy (non-hydrogen) atoms. The molecule has 1 saturated heterocycles. The van der Waals surface area contributed by atoms with E-state index in [2.05, 4.69) is 15.5 Å². The SMILES string of the molecule is Cc1ccc(-c2nc(C3CNCCO3)no2)o1. The molecule has 0 amide bonds. The molecule has 6 heteroatoms. The normalized spacial score (nSPS) is 20.6. The lowest BCUT2D eigenvalue weighted by molar-refractivity contribution is 0.0208. The number of hydrogen-bond donors (Lipinski definition) is 1. The van der Waals surface area contributed by atoms with Gasteiger partial charge in [0.1, 0.15) is 11.9 Å². The summed E-state index contributed by atoms with van der Waals surface area (Å²) in [6.45, 7) is 4.10. The molecule has 1 fully saturated rings. The van der Waals surface area contributed by atoms with Gasteiger partial charge in [0, 0.05) is 13.1 Å². The molecule has 1 unspecified atom stereocenters. The highest BCUT2D eigenvalue weighted by molar-refractivity contribution is 5.44. The number of aromatic nitrogens is 2. The molecular weight excluding hydrogens is 222 g/mol. The van der Waals surface area contributed by atoms with E-state index in [1.807, 2.05) is 19.1 Å². The van der Waals surface area contributed by atoms with Crippen molar-refractivity contribution in [2.75, 3.05) is 19.7 Å². The number of nitrogens with zero attached hydrogens (tertiary/aromatic N) is 2. The Morgan fingerprint density at radius 1 is 1.41 bits per heavy atom. The topological polar surface area (TPSA) is 73.3 Å². The zero-order valence-electron chi connectivity index (χ0n) is 9.47. The van der Waals surface area contributed by atoms with E-state index in [0.29, 0.717) is 30.6 Å². The van der Waals surface area contributed by atoms with Gasteiger partial charge in [-0.1, -0.05) is 5.16 Å². The largest absolute Gasteiger partial charge is 0.456 e. The average Bonchev–Trinajstić information content (AvgIpc) is 2.98. The van der Waals surface area contributed by atoms with E-state index < -0.39 is 0 Å². The van der Waals surface area contributed by atoms with Gasteiger partial charge in [-0.2, -0.15) is 4.98 Å². The highest BCUT2D eigenvalue weighted by Crippen LogP contribution is 2.23. The van der Waals surface area contributed by atoms with E-state index in [1.165, 1.54) is 0 Å². The van der Waals surface area contributed by atoms with E-state index >= 15 is 0 Å². The lowest BCUT2D eigenvalue weighted by Crippen LogP contribution is -2.33. The summed E-state index contributed by atoms with van der Waals surface area (Å²) in [4.78, 5) is 4.28. The Morgan fingerprint density at radius 2 is 2.35 bits per heavy atom. The summed E-state index contributed by atoms with van der Waals surface area (Å²) in [6.07, 6.45) is -0.141. The lowest BCUT2D eigenvalue weighted by Gasteiger charge is -2.20. The van der Waals surface area contributed by atoms with Crippen LogP contribution >= 0.6 is 0 Å². The van der Waals surface area contributed by atoms with Crippen molar-refractivity contribution in [3.63, 3.8) is 0 Å². The predicted molar refractivity (Wildman–Crippen MR) is 58.3 cm³/mol. The molecule has 3 rings (SSSR count). The van der Waals surface area contributed by atoms with Crippen molar-refractivity contribution >= 4 is 0 Å². The van der Waals surface area contributed by atoms with Crippen LogP contribution in [0.2, 0.25) is 0 Å². The van der Waals surface area contributed by atoms with Crippen molar-refractivity contribution < 1.29 is 13.7 Å². The molecule has 0 radical (unpaired) electrons. The van der Waals surface area contributed by atoms with Crippen LogP contribution < -0.4 is 5.32 Å². The first-order chi connectivity index (χ1) is 8.33. The highest BCUT2D eigenvalue weighted by atomic mass is 16.5. The molecular formula is C11H13N3O3. The van der Waals surface area contributed by atoms with E-state index in [-0.39, 0.29) is 6.10 Å². The van der Waals surface area contributed by atoms with Gasteiger partial charge in [-0.15, -0.1) is 0 Å². The number of hydrogen-bond acceptors (Lipinski definition) is 6. The molecule has 0 spiro atoms. The Labute approximate surface area is 98.0 Å². The maximum absolute atomic E-state index is 5.54. The maximum atomic E-state index is 5.54. The second-order valence-corrected chi connectivity index (χ2v) is 3.93. The summed E-state index contributed by atoms with van der Waals surface area (Å²) < 4.78 is 16.1. The van der Waals surface area contributed by atoms with Crippen molar-refractivity contribution in [2.45, 2.75) is 13.0 Å². The molecule has 0 bridgehead atoms. The van der Waals surface area contributed by atoms with Crippen molar-refractivity contribution in [2.24, 2.45) is 0 Å². The Kier molecular flexibility index (Phi) is 2.66. The predicted octanol–water partition coefficient (Wildman–Crippen LogP) is 1.30. The van der Waals surface area contributed by atoms with Crippen LogP contribution in [0.15, 0.2) is 21.1 Å². The van der Waals surface area contributed by atoms with Crippen LogP contribution in [0.4, 0.5) is 0 Å². The van der Waals surface area contributed by atoms with Gasteiger partial charge in [0.2, 0.25) is 5.82 Å². The third-order valence-electron chi connectivity index (χ3n) is 2.61. The Balaban J connectivity index is 1.82. The standard InChI is InChI=1S/C11H13N3O3/c1-7-2-3-8(16-7)11-13-10(14-17-11)9-6-12-4-5-15-9/h2-3,9,12H,4-6H2,1H3. The van der Waals surface area contributed by atoms with Crippen LogP contribution in [-0.4, -0.2) is 29.8 Å². The molecule has 0 aliphatic carbocycles. The van der Waals surface area contributed by atoms with Crippen molar-refractivity contribution in [3.05, 3.63) is 23.7 Å². The molecule has 2 aromatic rings. The first-order valence-corrected chi connectivity index (χ1v) is 5.55. The van der Waals surface area contributed by atoms with Gasteiger partial charge in [0.15, 0.2) is 5.76 Å². The molecule has 0 aromatic carbocycles. The molecule has 1 aliphatic rings. The van der Waals surface area contributed by atoms with Gasteiger partial charge in [-0.25, -0.2) is 0 Å². The van der Waals surface area contributed by atoms with Gasteiger partial charge in [-0.3, -0.25) is 0 Å². The Morgan fingerprint density at radius 3 is 3.06 bits per heavy atom. The summed E-state index contributed by atoms with van der Waals surface area (Å²) in [5, 5.41) is 7.13. The number of furan rings is 1. The van der Waals surface area contributed by atoms with Crippen LogP contribution in [0.1, 0.15) is 17.7 Å². The van der Waals surface area contributed by atoms with Crippen molar-refractivity contribution in [1.82, 2.24) is 15.5 Å². The zero-order chi connectivity index (χ0) is 11.7. The summed E-state index contributed by atoms with van der Waals surface area (Å²) in [5.74, 6) is 2.35. The molecule has 2 aromatic heterocycles. The van der Waals surface area contributed by atoms with Crippen LogP contribution in [0.5, 0.6) is 0 Å². The summed E-state index contributed by atoms with van der Waals surface area (Å²) in [7, 11) is 0. The van der Waals surface area contributed by atoms with Crippen LogP contribution in [0.3, 0.4) is 0 Å². The number of aryl methyl sites for hydroxylation is 1. The minimum atomic E-state index is -0.141. The summed E-state index contributed by atoms with van der Waals surface area (Å²) in [6, 6.07) is 3.67. The minimum Gasteiger partial charge on any atom is -0.456 e. The Bertz CT molecular complexity index is 500. The smallest absolute Gasteiger partial charge is 0.293 e. The molecule has 3 heterocycles. The average molecular weight is 235 g/mol. The zero-order valence-corrected chi connectivity index (χ0v) is 9.47. The third kappa shape index (κ3) is 2.09. The lowest BCUT2D eigenvalue weighted by atomic mass is 10.3. The number of morpholine rings is 1. The minimum absolute atomic E-state index is 0.141. The summed E-state index contributed by atoms with van der Waals surface area (Å²) >= 11 is 0. The molecule has 1 aliphatic heterocycles. The van der Waals surface area contributed by atoms with Crippen LogP contribution in [0, 0.1) is 6.92 Å². The maximum Gasteiger partial charge on any atom is 0.293 e. The third-order valence-corrected chi connectivity index (χ3v) is 2.61. The summed E-state index contributed by atoms with van der Waals surface area (Å²) in [5.41, 5.74) is 0. The Hall–Kier alpha value is -1.66. The van der Waals surface area contributed by atoms with E-state index in [4.69, 9.17) is 13.7 Å². The fourth-order valence-corrected chi connectivity index (χ4v) is 1.75. The molecule has 1 N–H and O–H groups in total. The van der Waals surface area contributed by atoms with Crippen molar-refractivity contribution in [1.29, 1.82) is 0 Å². The van der Waals surface area contributed by atoms with E-state index in [0.717, 1.165) is 12.3 Å². The molecule has 90 valence electrons. The number of nitrogens with one attached hydrogen (secondary N) is 1. The van der Waals surface area contributed by atoms with Gasteiger partial charge < -0.3 is 19.0 Å². The first kappa shape index (κ1) is 10.5. The van der Waals surface area contributed by atoms with Gasteiger partial charge >= 0.3 is 0 Å². The number of rotatable bonds is 2. The van der Waals surface area contributed by atoms with Gasteiger partial charge in [0.05, 0.1) is 6.61 Å². The van der Waals surface area contributed by atoms with Gasteiger partial charge in [-0.05, 0) is 19.1 Å². The fourth-order valence-electron chi connectivity index (χ4n) is 1.75. The van der Waals surface area contributed by atoms with E-state index in [9.17, 15) is 0 Å². The second kappa shape index (κ2) is 4.31. The molecule has 0 saturated carbocycles. The van der Waals surface area contributed by atoms with E-state index in [1.54, 1.807) is 0 Å². The fraction of sp³-hybridized carbons (Fsp3) is 0.455. The van der Waals surface area contributed by atoms with Crippen molar-refractivity contribution in [3.8, 4) is 11.7 Å².